The normalized spacial score (nSPS) is 11.3. The topological polar surface area (TPSA) is 45.5 Å². The third-order valence-electron chi connectivity index (χ3n) is 2.86. The molecule has 0 spiro atoms. The van der Waals surface area contributed by atoms with Crippen molar-refractivity contribution >= 4 is 16.9 Å². The molecule has 1 N–H and O–H groups in total. The number of hydrogen-bond acceptors (Lipinski definition) is 2. The first kappa shape index (κ1) is 11.7. The zero-order chi connectivity index (χ0) is 12.6. The van der Waals surface area contributed by atoms with Crippen molar-refractivity contribution in [3.63, 3.8) is 0 Å². The van der Waals surface area contributed by atoms with E-state index in [9.17, 15) is 9.90 Å². The summed E-state index contributed by atoms with van der Waals surface area (Å²) in [6.45, 7) is 0.796. The number of carboxylic acids is 1. The zero-order valence-electron chi connectivity index (χ0n) is 10.3. The van der Waals surface area contributed by atoms with Crippen molar-refractivity contribution in [2.45, 2.75) is 6.54 Å². The Morgan fingerprint density at radius 1 is 1.41 bits per heavy atom. The lowest BCUT2D eigenvalue weighted by Crippen LogP contribution is -2.13. The van der Waals surface area contributed by atoms with Gasteiger partial charge < -0.3 is 14.6 Å². The largest absolute Gasteiger partial charge is 0.478 e. The average molecular weight is 232 g/mol. The van der Waals surface area contributed by atoms with Gasteiger partial charge in [0.05, 0.1) is 11.1 Å². The molecule has 1 aromatic carbocycles. The molecular weight excluding hydrogens is 216 g/mol. The Kier molecular flexibility index (Phi) is 2.90. The molecule has 0 saturated heterocycles. The summed E-state index contributed by atoms with van der Waals surface area (Å²) >= 11 is 0. The van der Waals surface area contributed by atoms with Gasteiger partial charge in [-0.1, -0.05) is 12.1 Å². The Labute approximate surface area is 100 Å². The summed E-state index contributed by atoms with van der Waals surface area (Å²) in [5.74, 6) is -0.881. The van der Waals surface area contributed by atoms with Crippen molar-refractivity contribution in [2.24, 2.45) is 7.05 Å². The van der Waals surface area contributed by atoms with Gasteiger partial charge in [-0.25, -0.2) is 4.79 Å². The SMILES string of the molecule is CN(C)Cc1cc2cccc(C(=O)O)c2n1C. The maximum absolute atomic E-state index is 11.2. The number of carboxylic acid groups (broad SMARTS) is 1. The van der Waals surface area contributed by atoms with Crippen molar-refractivity contribution < 1.29 is 9.90 Å². The van der Waals surface area contributed by atoms with Gasteiger partial charge in [-0.3, -0.25) is 0 Å². The van der Waals surface area contributed by atoms with Crippen LogP contribution in [0.2, 0.25) is 0 Å². The summed E-state index contributed by atoms with van der Waals surface area (Å²) in [4.78, 5) is 13.2. The summed E-state index contributed by atoms with van der Waals surface area (Å²) in [6.07, 6.45) is 0. The van der Waals surface area contributed by atoms with Gasteiger partial charge in [-0.2, -0.15) is 0 Å². The Hall–Kier alpha value is -1.81. The van der Waals surface area contributed by atoms with Crippen LogP contribution in [0.5, 0.6) is 0 Å². The highest BCUT2D eigenvalue weighted by atomic mass is 16.4. The predicted molar refractivity (Wildman–Crippen MR) is 67.3 cm³/mol. The van der Waals surface area contributed by atoms with Crippen molar-refractivity contribution in [1.29, 1.82) is 0 Å². The molecule has 4 nitrogen and oxygen atoms in total. The number of para-hydroxylation sites is 1. The van der Waals surface area contributed by atoms with Crippen LogP contribution in [0, 0.1) is 0 Å². The Morgan fingerprint density at radius 3 is 2.71 bits per heavy atom. The molecule has 0 aliphatic rings. The first-order valence-corrected chi connectivity index (χ1v) is 5.46. The van der Waals surface area contributed by atoms with Crippen LogP contribution in [0.3, 0.4) is 0 Å². The number of aromatic nitrogens is 1. The number of nitrogens with zero attached hydrogens (tertiary/aromatic N) is 2. The molecule has 0 saturated carbocycles. The number of rotatable bonds is 3. The van der Waals surface area contributed by atoms with E-state index in [1.807, 2.05) is 37.8 Å². The van der Waals surface area contributed by atoms with E-state index in [4.69, 9.17) is 0 Å². The molecule has 0 bridgehead atoms. The smallest absolute Gasteiger partial charge is 0.337 e. The number of aryl methyl sites for hydroxylation is 1. The quantitative estimate of drug-likeness (QED) is 0.879. The molecule has 0 atom stereocenters. The van der Waals surface area contributed by atoms with Crippen LogP contribution < -0.4 is 0 Å². The summed E-state index contributed by atoms with van der Waals surface area (Å²) in [5, 5.41) is 10.2. The molecule has 17 heavy (non-hydrogen) atoms. The van der Waals surface area contributed by atoms with E-state index in [0.29, 0.717) is 5.56 Å². The van der Waals surface area contributed by atoms with Crippen LogP contribution in [-0.2, 0) is 13.6 Å². The Morgan fingerprint density at radius 2 is 2.12 bits per heavy atom. The summed E-state index contributed by atoms with van der Waals surface area (Å²) in [7, 11) is 5.90. The minimum absolute atomic E-state index is 0.356. The Balaban J connectivity index is 2.65. The second kappa shape index (κ2) is 4.22. The predicted octanol–water partition coefficient (Wildman–Crippen LogP) is 1.94. The lowest BCUT2D eigenvalue weighted by atomic mass is 10.1. The first-order valence-electron chi connectivity index (χ1n) is 5.46. The number of carbonyl (C=O) groups is 1. The van der Waals surface area contributed by atoms with Gasteiger partial charge in [0.1, 0.15) is 0 Å². The van der Waals surface area contributed by atoms with Gasteiger partial charge in [-0.05, 0) is 26.2 Å². The van der Waals surface area contributed by atoms with Gasteiger partial charge in [0.2, 0.25) is 0 Å². The molecule has 1 aromatic heterocycles. The highest BCUT2D eigenvalue weighted by molar-refractivity contribution is 6.02. The van der Waals surface area contributed by atoms with Crippen LogP contribution in [0.1, 0.15) is 16.1 Å². The number of fused-ring (bicyclic) bond motifs is 1. The molecule has 0 radical (unpaired) electrons. The van der Waals surface area contributed by atoms with E-state index in [1.165, 1.54) is 0 Å². The Bertz CT molecular complexity index is 570. The standard InChI is InChI=1S/C13H16N2O2/c1-14(2)8-10-7-9-5-4-6-11(13(16)17)12(9)15(10)3/h4-7H,8H2,1-3H3,(H,16,17). The lowest BCUT2D eigenvalue weighted by Gasteiger charge is -2.11. The maximum atomic E-state index is 11.2. The van der Waals surface area contributed by atoms with E-state index in [2.05, 4.69) is 4.90 Å². The monoisotopic (exact) mass is 232 g/mol. The molecular formula is C13H16N2O2. The van der Waals surface area contributed by atoms with Crippen molar-refractivity contribution in [2.75, 3.05) is 14.1 Å². The summed E-state index contributed by atoms with van der Waals surface area (Å²) in [5.41, 5.74) is 2.26. The molecule has 0 amide bonds. The van der Waals surface area contributed by atoms with E-state index < -0.39 is 5.97 Å². The molecule has 0 aliphatic carbocycles. The maximum Gasteiger partial charge on any atom is 0.337 e. The van der Waals surface area contributed by atoms with Crippen LogP contribution in [0.15, 0.2) is 24.3 Å². The van der Waals surface area contributed by atoms with Crippen molar-refractivity contribution in [3.8, 4) is 0 Å². The molecule has 2 rings (SSSR count). The van der Waals surface area contributed by atoms with Crippen LogP contribution in [-0.4, -0.2) is 34.6 Å². The molecule has 0 unspecified atom stereocenters. The first-order chi connectivity index (χ1) is 8.00. The van der Waals surface area contributed by atoms with Crippen LogP contribution in [0.4, 0.5) is 0 Å². The number of hydrogen-bond donors (Lipinski definition) is 1. The fraction of sp³-hybridized carbons (Fsp3) is 0.308. The molecule has 0 aliphatic heterocycles. The number of aromatic carboxylic acids is 1. The average Bonchev–Trinajstić information content (AvgIpc) is 2.55. The van der Waals surface area contributed by atoms with E-state index >= 15 is 0 Å². The van der Waals surface area contributed by atoms with Gasteiger partial charge in [0, 0.05) is 24.7 Å². The van der Waals surface area contributed by atoms with Gasteiger partial charge >= 0.3 is 5.97 Å². The molecule has 0 fully saturated rings. The molecule has 90 valence electrons. The van der Waals surface area contributed by atoms with Gasteiger partial charge in [0.25, 0.3) is 0 Å². The number of benzene rings is 1. The highest BCUT2D eigenvalue weighted by Crippen LogP contribution is 2.23. The third-order valence-corrected chi connectivity index (χ3v) is 2.86. The second-order valence-electron chi connectivity index (χ2n) is 4.48. The van der Waals surface area contributed by atoms with Gasteiger partial charge in [0.15, 0.2) is 0 Å². The van der Waals surface area contributed by atoms with Crippen LogP contribution >= 0.6 is 0 Å². The fourth-order valence-corrected chi connectivity index (χ4v) is 2.12. The molecule has 4 heteroatoms. The van der Waals surface area contributed by atoms with Gasteiger partial charge in [-0.15, -0.1) is 0 Å². The van der Waals surface area contributed by atoms with Crippen molar-refractivity contribution in [3.05, 3.63) is 35.5 Å². The van der Waals surface area contributed by atoms with E-state index in [0.717, 1.165) is 23.1 Å². The van der Waals surface area contributed by atoms with Crippen molar-refractivity contribution in [1.82, 2.24) is 9.47 Å². The zero-order valence-corrected chi connectivity index (χ0v) is 10.3. The summed E-state index contributed by atoms with van der Waals surface area (Å²) in [6, 6.07) is 7.41. The van der Waals surface area contributed by atoms with Crippen LogP contribution in [0.25, 0.3) is 10.9 Å². The highest BCUT2D eigenvalue weighted by Gasteiger charge is 2.14. The molecule has 2 aromatic rings. The summed E-state index contributed by atoms with van der Waals surface area (Å²) < 4.78 is 1.96. The van der Waals surface area contributed by atoms with E-state index in [1.54, 1.807) is 12.1 Å². The lowest BCUT2D eigenvalue weighted by molar-refractivity contribution is 0.0698. The molecule has 1 heterocycles. The third kappa shape index (κ3) is 2.03. The second-order valence-corrected chi connectivity index (χ2v) is 4.48. The minimum atomic E-state index is -0.881. The minimum Gasteiger partial charge on any atom is -0.478 e. The van der Waals surface area contributed by atoms with E-state index in [-0.39, 0.29) is 0 Å². The fourth-order valence-electron chi connectivity index (χ4n) is 2.12.